The summed E-state index contributed by atoms with van der Waals surface area (Å²) in [5, 5.41) is 0.402. The van der Waals surface area contributed by atoms with Crippen molar-refractivity contribution in [1.82, 2.24) is 0 Å². The van der Waals surface area contributed by atoms with E-state index in [2.05, 4.69) is 0 Å². The van der Waals surface area contributed by atoms with Crippen molar-refractivity contribution in [3.8, 4) is 28.4 Å². The van der Waals surface area contributed by atoms with E-state index in [1.807, 2.05) is 30.3 Å². The molecule has 0 atom stereocenters. The van der Waals surface area contributed by atoms with Crippen molar-refractivity contribution in [2.45, 2.75) is 0 Å². The van der Waals surface area contributed by atoms with Crippen molar-refractivity contribution in [1.29, 1.82) is 0 Å². The number of methoxy groups -OCH3 is 2. The molecule has 0 saturated heterocycles. The number of carbonyl (C=O) groups excluding carboxylic acids is 1. The Bertz CT molecular complexity index is 1250. The molecule has 150 valence electrons. The van der Waals surface area contributed by atoms with Gasteiger partial charge in [-0.15, -0.1) is 0 Å². The van der Waals surface area contributed by atoms with E-state index < -0.39 is 5.97 Å². The molecule has 0 unspecified atom stereocenters. The molecular formula is C24H18O6. The molecule has 3 aromatic carbocycles. The summed E-state index contributed by atoms with van der Waals surface area (Å²) in [5.41, 5.74) is 1.69. The summed E-state index contributed by atoms with van der Waals surface area (Å²) in [5.74, 6) is 0.609. The highest BCUT2D eigenvalue weighted by molar-refractivity contribution is 5.92. The van der Waals surface area contributed by atoms with Crippen LogP contribution < -0.4 is 19.6 Å². The summed E-state index contributed by atoms with van der Waals surface area (Å²) in [7, 11) is 3.00. The number of hydrogen-bond donors (Lipinski definition) is 0. The third-order valence-electron chi connectivity index (χ3n) is 4.63. The van der Waals surface area contributed by atoms with Crippen LogP contribution >= 0.6 is 0 Å². The number of fused-ring (bicyclic) bond motifs is 1. The lowest BCUT2D eigenvalue weighted by Gasteiger charge is -2.09. The molecule has 0 amide bonds. The number of benzene rings is 3. The molecule has 0 radical (unpaired) electrons. The minimum absolute atomic E-state index is 0.155. The quantitative estimate of drug-likeness (QED) is 0.356. The van der Waals surface area contributed by atoms with Crippen LogP contribution in [0.15, 0.2) is 82.2 Å². The second-order valence-electron chi connectivity index (χ2n) is 6.49. The number of ether oxygens (including phenoxy) is 3. The van der Waals surface area contributed by atoms with Crippen LogP contribution in [0.25, 0.3) is 22.1 Å². The lowest BCUT2D eigenvalue weighted by Crippen LogP contribution is -2.09. The number of hydrogen-bond acceptors (Lipinski definition) is 6. The van der Waals surface area contributed by atoms with Crippen LogP contribution in [0.4, 0.5) is 0 Å². The van der Waals surface area contributed by atoms with Gasteiger partial charge in [0.05, 0.1) is 30.7 Å². The fourth-order valence-electron chi connectivity index (χ4n) is 3.08. The predicted molar refractivity (Wildman–Crippen MR) is 112 cm³/mol. The molecule has 4 rings (SSSR count). The molecule has 6 heteroatoms. The Hall–Kier alpha value is -4.06. The SMILES string of the molecule is COc1cc(OC)cc(C(=O)Oc2ccc3c(=O)c(-c4ccccc4)coc3c2)c1. The van der Waals surface area contributed by atoms with Crippen molar-refractivity contribution in [2.75, 3.05) is 14.2 Å². The first-order chi connectivity index (χ1) is 14.6. The maximum Gasteiger partial charge on any atom is 0.343 e. The van der Waals surface area contributed by atoms with Gasteiger partial charge in [-0.25, -0.2) is 4.79 Å². The maximum atomic E-state index is 12.8. The van der Waals surface area contributed by atoms with Gasteiger partial charge < -0.3 is 18.6 Å². The highest BCUT2D eigenvalue weighted by Gasteiger charge is 2.14. The van der Waals surface area contributed by atoms with Crippen molar-refractivity contribution in [3.63, 3.8) is 0 Å². The highest BCUT2D eigenvalue weighted by atomic mass is 16.5. The zero-order valence-corrected chi connectivity index (χ0v) is 16.4. The summed E-state index contributed by atoms with van der Waals surface area (Å²) in [4.78, 5) is 25.4. The van der Waals surface area contributed by atoms with Crippen LogP contribution in [0.3, 0.4) is 0 Å². The van der Waals surface area contributed by atoms with Gasteiger partial charge in [0.15, 0.2) is 5.43 Å². The van der Waals surface area contributed by atoms with Crippen LogP contribution in [0.2, 0.25) is 0 Å². The van der Waals surface area contributed by atoms with E-state index in [-0.39, 0.29) is 16.7 Å². The molecule has 0 N–H and O–H groups in total. The van der Waals surface area contributed by atoms with Crippen LogP contribution in [0.5, 0.6) is 17.2 Å². The zero-order valence-electron chi connectivity index (χ0n) is 16.4. The van der Waals surface area contributed by atoms with Gasteiger partial charge in [0, 0.05) is 12.1 Å². The second kappa shape index (κ2) is 8.13. The van der Waals surface area contributed by atoms with Gasteiger partial charge >= 0.3 is 5.97 Å². The Labute approximate surface area is 172 Å². The third-order valence-corrected chi connectivity index (χ3v) is 4.63. The molecule has 6 nitrogen and oxygen atoms in total. The van der Waals surface area contributed by atoms with E-state index in [4.69, 9.17) is 18.6 Å². The first-order valence-corrected chi connectivity index (χ1v) is 9.15. The summed E-state index contributed by atoms with van der Waals surface area (Å²) in [6.45, 7) is 0. The molecule has 0 aliphatic rings. The van der Waals surface area contributed by atoms with E-state index in [1.165, 1.54) is 26.5 Å². The van der Waals surface area contributed by atoms with Gasteiger partial charge in [-0.2, -0.15) is 0 Å². The van der Waals surface area contributed by atoms with Gasteiger partial charge in [-0.1, -0.05) is 30.3 Å². The van der Waals surface area contributed by atoms with Crippen LogP contribution in [-0.2, 0) is 0 Å². The Morgan fingerprint density at radius 3 is 2.20 bits per heavy atom. The molecule has 0 saturated carbocycles. The molecule has 0 fully saturated rings. The van der Waals surface area contributed by atoms with E-state index >= 15 is 0 Å². The number of carbonyl (C=O) groups is 1. The smallest absolute Gasteiger partial charge is 0.343 e. The molecule has 1 heterocycles. The molecule has 0 aliphatic heterocycles. The summed E-state index contributed by atoms with van der Waals surface area (Å²) >= 11 is 0. The fraction of sp³-hybridized carbons (Fsp3) is 0.0833. The standard InChI is InChI=1S/C24H18O6/c1-27-18-10-16(11-19(12-18)28-2)24(26)30-17-8-9-20-22(13-17)29-14-21(23(20)25)15-6-4-3-5-7-15/h3-14H,1-2H3. The number of rotatable bonds is 5. The van der Waals surface area contributed by atoms with Gasteiger partial charge in [0.1, 0.15) is 29.1 Å². The Balaban J connectivity index is 1.65. The average molecular weight is 402 g/mol. The van der Waals surface area contributed by atoms with Crippen LogP contribution in [0, 0.1) is 0 Å². The Morgan fingerprint density at radius 1 is 0.833 bits per heavy atom. The second-order valence-corrected chi connectivity index (χ2v) is 6.49. The zero-order chi connectivity index (χ0) is 21.1. The first kappa shape index (κ1) is 19.3. The van der Waals surface area contributed by atoms with Crippen molar-refractivity contribution < 1.29 is 23.4 Å². The van der Waals surface area contributed by atoms with Gasteiger partial charge in [-0.05, 0) is 29.8 Å². The normalized spacial score (nSPS) is 10.6. The topological polar surface area (TPSA) is 75.0 Å². The molecule has 1 aromatic heterocycles. The molecule has 0 spiro atoms. The molecular weight excluding hydrogens is 384 g/mol. The third kappa shape index (κ3) is 3.75. The van der Waals surface area contributed by atoms with Crippen LogP contribution in [-0.4, -0.2) is 20.2 Å². The average Bonchev–Trinajstić information content (AvgIpc) is 2.79. The monoisotopic (exact) mass is 402 g/mol. The minimum atomic E-state index is -0.588. The molecule has 30 heavy (non-hydrogen) atoms. The van der Waals surface area contributed by atoms with Crippen LogP contribution in [0.1, 0.15) is 10.4 Å². The van der Waals surface area contributed by atoms with Gasteiger partial charge in [-0.3, -0.25) is 4.79 Å². The summed E-state index contributed by atoms with van der Waals surface area (Å²) in [6.07, 6.45) is 1.42. The molecule has 0 bridgehead atoms. The van der Waals surface area contributed by atoms with Crippen molar-refractivity contribution in [3.05, 3.63) is 88.8 Å². The summed E-state index contributed by atoms with van der Waals surface area (Å²) < 4.78 is 21.5. The largest absolute Gasteiger partial charge is 0.497 e. The predicted octanol–water partition coefficient (Wildman–Crippen LogP) is 4.70. The molecule has 4 aromatic rings. The van der Waals surface area contributed by atoms with E-state index in [9.17, 15) is 9.59 Å². The minimum Gasteiger partial charge on any atom is -0.497 e. The van der Waals surface area contributed by atoms with E-state index in [0.717, 1.165) is 5.56 Å². The van der Waals surface area contributed by atoms with E-state index in [1.54, 1.807) is 30.3 Å². The molecule has 0 aliphatic carbocycles. The van der Waals surface area contributed by atoms with Crippen molar-refractivity contribution in [2.24, 2.45) is 0 Å². The summed E-state index contributed by atoms with van der Waals surface area (Å²) in [6, 6.07) is 18.7. The highest BCUT2D eigenvalue weighted by Crippen LogP contribution is 2.26. The van der Waals surface area contributed by atoms with Crippen molar-refractivity contribution >= 4 is 16.9 Å². The van der Waals surface area contributed by atoms with Gasteiger partial charge in [0.2, 0.25) is 0 Å². The van der Waals surface area contributed by atoms with Gasteiger partial charge in [0.25, 0.3) is 0 Å². The Kier molecular flexibility index (Phi) is 5.22. The fourth-order valence-corrected chi connectivity index (χ4v) is 3.08. The lowest BCUT2D eigenvalue weighted by molar-refractivity contribution is 0.0734. The number of esters is 1. The maximum absolute atomic E-state index is 12.8. The first-order valence-electron chi connectivity index (χ1n) is 9.15. The Morgan fingerprint density at radius 2 is 1.53 bits per heavy atom. The lowest BCUT2D eigenvalue weighted by atomic mass is 10.1. The van der Waals surface area contributed by atoms with E-state index in [0.29, 0.717) is 28.0 Å².